The number of aromatic nitrogens is 2. The van der Waals surface area contributed by atoms with Crippen molar-refractivity contribution in [3.05, 3.63) is 71.5 Å². The minimum Gasteiger partial charge on any atom is -0.491 e. The number of hydrogen-bond acceptors (Lipinski definition) is 5. The zero-order valence-electron chi connectivity index (χ0n) is 17.7. The molecule has 2 aromatic carbocycles. The Morgan fingerprint density at radius 2 is 1.97 bits per heavy atom. The van der Waals surface area contributed by atoms with Crippen molar-refractivity contribution >= 4 is 17.5 Å². The number of rotatable bonds is 10. The van der Waals surface area contributed by atoms with Crippen molar-refractivity contribution in [1.29, 1.82) is 0 Å². The van der Waals surface area contributed by atoms with Crippen LogP contribution in [0.4, 0.5) is 0 Å². The third-order valence-corrected chi connectivity index (χ3v) is 6.09. The molecule has 158 valence electrons. The van der Waals surface area contributed by atoms with Gasteiger partial charge in [-0.25, -0.2) is 4.98 Å². The molecule has 0 spiro atoms. The first-order valence-corrected chi connectivity index (χ1v) is 11.0. The van der Waals surface area contributed by atoms with Crippen molar-refractivity contribution in [2.45, 2.75) is 44.9 Å². The van der Waals surface area contributed by atoms with Crippen LogP contribution in [0.15, 0.2) is 60.0 Å². The molecule has 0 bridgehead atoms. The van der Waals surface area contributed by atoms with E-state index in [2.05, 4.69) is 35.5 Å². The van der Waals surface area contributed by atoms with Crippen LogP contribution in [-0.4, -0.2) is 38.9 Å². The highest BCUT2D eigenvalue weighted by Gasteiger charge is 2.12. The maximum atomic E-state index is 11.1. The van der Waals surface area contributed by atoms with Crippen molar-refractivity contribution < 1.29 is 14.6 Å². The van der Waals surface area contributed by atoms with Crippen LogP contribution in [0.3, 0.4) is 0 Å². The van der Waals surface area contributed by atoms with Crippen LogP contribution in [0.5, 0.6) is 5.75 Å². The largest absolute Gasteiger partial charge is 0.491 e. The Morgan fingerprint density at radius 3 is 2.70 bits per heavy atom. The molecule has 1 aromatic heterocycles. The van der Waals surface area contributed by atoms with Gasteiger partial charge in [-0.15, -0.1) is 0 Å². The quantitative estimate of drug-likeness (QED) is 0.484. The summed E-state index contributed by atoms with van der Waals surface area (Å²) in [6.45, 7) is 6.02. The Balaban J connectivity index is 1.51. The van der Waals surface area contributed by atoms with E-state index < -0.39 is 6.10 Å². The molecule has 0 saturated heterocycles. The highest BCUT2D eigenvalue weighted by Crippen LogP contribution is 2.25. The normalized spacial score (nSPS) is 12.0. The fourth-order valence-corrected chi connectivity index (χ4v) is 3.93. The molecule has 0 radical (unpaired) electrons. The number of aliphatic hydroxyl groups is 1. The van der Waals surface area contributed by atoms with E-state index in [0.717, 1.165) is 22.8 Å². The van der Waals surface area contributed by atoms with Gasteiger partial charge in [0, 0.05) is 24.6 Å². The minimum absolute atomic E-state index is 0.189. The summed E-state index contributed by atoms with van der Waals surface area (Å²) in [7, 11) is 0. The minimum atomic E-state index is -0.615. The van der Waals surface area contributed by atoms with Gasteiger partial charge in [0.25, 0.3) is 0 Å². The molecular weight excluding hydrogens is 396 g/mol. The second-order valence-corrected chi connectivity index (χ2v) is 8.41. The molecule has 0 saturated carbocycles. The number of aryl methyl sites for hydroxylation is 2. The predicted molar refractivity (Wildman–Crippen MR) is 121 cm³/mol. The average molecular weight is 425 g/mol. The molecular formula is C24H28N2O3S. The summed E-state index contributed by atoms with van der Waals surface area (Å²) >= 11 is 1.51. The molecule has 0 aliphatic carbocycles. The molecule has 1 heterocycles. The molecule has 1 unspecified atom stereocenters. The predicted octanol–water partition coefficient (Wildman–Crippen LogP) is 4.54. The zero-order chi connectivity index (χ0) is 21.5. The van der Waals surface area contributed by atoms with E-state index in [9.17, 15) is 9.90 Å². The molecule has 1 N–H and O–H groups in total. The smallest absolute Gasteiger partial charge is 0.172 e. The van der Waals surface area contributed by atoms with Crippen molar-refractivity contribution in [3.63, 3.8) is 0 Å². The lowest BCUT2D eigenvalue weighted by molar-refractivity contribution is -0.116. The number of ketones is 1. The molecule has 0 fully saturated rings. The van der Waals surface area contributed by atoms with Gasteiger partial charge in [-0.2, -0.15) is 0 Å². The molecule has 3 aromatic rings. The molecule has 0 aliphatic rings. The van der Waals surface area contributed by atoms with Crippen molar-refractivity contribution in [2.24, 2.45) is 0 Å². The van der Waals surface area contributed by atoms with E-state index in [1.165, 1.54) is 22.9 Å². The highest BCUT2D eigenvalue weighted by atomic mass is 32.2. The number of hydrogen-bond donors (Lipinski definition) is 1. The van der Waals surface area contributed by atoms with Gasteiger partial charge < -0.3 is 14.6 Å². The first kappa shape index (κ1) is 22.1. The summed E-state index contributed by atoms with van der Waals surface area (Å²) in [6.07, 6.45) is 4.40. The van der Waals surface area contributed by atoms with Gasteiger partial charge >= 0.3 is 0 Å². The molecule has 30 heavy (non-hydrogen) atoms. The Bertz CT molecular complexity index is 982. The van der Waals surface area contributed by atoms with Gasteiger partial charge in [0.1, 0.15) is 18.1 Å². The van der Waals surface area contributed by atoms with E-state index in [0.29, 0.717) is 17.9 Å². The molecule has 6 heteroatoms. The van der Waals surface area contributed by atoms with E-state index in [1.54, 1.807) is 13.1 Å². The average Bonchev–Trinajstić information content (AvgIpc) is 3.20. The maximum Gasteiger partial charge on any atom is 0.172 e. The van der Waals surface area contributed by atoms with Crippen molar-refractivity contribution in [1.82, 2.24) is 9.55 Å². The summed E-state index contributed by atoms with van der Waals surface area (Å²) in [5, 5.41) is 11.2. The number of Topliss-reactive ketones (excluding diaryl/α,β-unsaturated/α-hetero) is 1. The summed E-state index contributed by atoms with van der Waals surface area (Å²) in [5.74, 6) is 1.38. The molecule has 5 nitrogen and oxygen atoms in total. The van der Waals surface area contributed by atoms with E-state index >= 15 is 0 Å². The number of benzene rings is 2. The molecule has 0 amide bonds. The van der Waals surface area contributed by atoms with Crippen LogP contribution in [0, 0.1) is 13.8 Å². The molecule has 1 atom stereocenters. The van der Waals surface area contributed by atoms with Gasteiger partial charge in [-0.3, -0.25) is 4.57 Å². The number of thioether (sulfide) groups is 1. The number of ether oxygens (including phenoxy) is 1. The second kappa shape index (κ2) is 10.5. The van der Waals surface area contributed by atoms with Crippen molar-refractivity contribution in [3.8, 4) is 11.4 Å². The zero-order valence-corrected chi connectivity index (χ0v) is 18.5. The Labute approximate surface area is 182 Å². The number of imidazole rings is 1. The third kappa shape index (κ3) is 5.97. The number of nitrogens with zero attached hydrogens (tertiary/aromatic N) is 2. The van der Waals surface area contributed by atoms with E-state index in [-0.39, 0.29) is 12.4 Å². The number of aliphatic hydroxyl groups excluding tert-OH is 1. The van der Waals surface area contributed by atoms with E-state index in [4.69, 9.17) is 4.74 Å². The summed E-state index contributed by atoms with van der Waals surface area (Å²) in [5.41, 5.74) is 4.66. The standard InChI is InChI=1S/C24H28N2O3S/c1-17-5-4-6-23(19(17)3)26-14-13-25-24(26)30-16-21(28)15-29-22-11-9-20(10-12-22)8-7-18(2)27/h4-6,9-14,21,28H,7-8,15-16H2,1-3H3. The van der Waals surface area contributed by atoms with Crippen LogP contribution < -0.4 is 4.74 Å². The second-order valence-electron chi connectivity index (χ2n) is 7.42. The first-order valence-electron chi connectivity index (χ1n) is 10.1. The van der Waals surface area contributed by atoms with Gasteiger partial charge in [-0.1, -0.05) is 36.0 Å². The fraction of sp³-hybridized carbons (Fsp3) is 0.333. The number of carbonyl (C=O) groups excluding carboxylic acids is 1. The van der Waals surface area contributed by atoms with Gasteiger partial charge in [0.2, 0.25) is 0 Å². The maximum absolute atomic E-state index is 11.1. The lowest BCUT2D eigenvalue weighted by Gasteiger charge is -2.14. The Hall–Kier alpha value is -2.57. The van der Waals surface area contributed by atoms with Gasteiger partial charge in [0.15, 0.2) is 5.16 Å². The van der Waals surface area contributed by atoms with Gasteiger partial charge in [-0.05, 0) is 62.1 Å². The van der Waals surface area contributed by atoms with E-state index in [1.807, 2.05) is 36.5 Å². The number of carbonyl (C=O) groups is 1. The fourth-order valence-electron chi connectivity index (χ4n) is 3.06. The lowest BCUT2D eigenvalue weighted by Crippen LogP contribution is -2.20. The van der Waals surface area contributed by atoms with Crippen LogP contribution in [0.25, 0.3) is 5.69 Å². The summed E-state index contributed by atoms with van der Waals surface area (Å²) < 4.78 is 7.77. The van der Waals surface area contributed by atoms with Crippen LogP contribution >= 0.6 is 11.8 Å². The SMILES string of the molecule is CC(=O)CCc1ccc(OCC(O)CSc2nccn2-c2cccc(C)c2C)cc1. The molecule has 0 aliphatic heterocycles. The van der Waals surface area contributed by atoms with Crippen LogP contribution in [-0.2, 0) is 11.2 Å². The molecule has 3 rings (SSSR count). The summed E-state index contributed by atoms with van der Waals surface area (Å²) in [6, 6.07) is 13.9. The third-order valence-electron chi connectivity index (χ3n) is 4.98. The van der Waals surface area contributed by atoms with Crippen LogP contribution in [0.2, 0.25) is 0 Å². The highest BCUT2D eigenvalue weighted by molar-refractivity contribution is 7.99. The lowest BCUT2D eigenvalue weighted by atomic mass is 10.1. The Morgan fingerprint density at radius 1 is 1.20 bits per heavy atom. The monoisotopic (exact) mass is 424 g/mol. The van der Waals surface area contributed by atoms with Crippen LogP contribution in [0.1, 0.15) is 30.0 Å². The van der Waals surface area contributed by atoms with Gasteiger partial charge in [0.05, 0.1) is 11.8 Å². The first-order chi connectivity index (χ1) is 14.4. The topological polar surface area (TPSA) is 64.3 Å². The summed E-state index contributed by atoms with van der Waals surface area (Å²) in [4.78, 5) is 15.5. The Kier molecular flexibility index (Phi) is 7.71. The van der Waals surface area contributed by atoms with Crippen molar-refractivity contribution in [2.75, 3.05) is 12.4 Å².